The van der Waals surface area contributed by atoms with Crippen molar-refractivity contribution in [2.45, 2.75) is 72.0 Å². The number of nitrogens with zero attached hydrogens (tertiary/aromatic N) is 7. The largest absolute Gasteiger partial charge is 0.378 e. The van der Waals surface area contributed by atoms with E-state index in [1.807, 2.05) is 53.3 Å². The molecule has 1 N–H and O–H groups in total. The molecule has 11 nitrogen and oxygen atoms in total. The maximum Gasteiger partial charge on any atom is 0.227 e. The number of fused-ring (bicyclic) bond motifs is 5. The van der Waals surface area contributed by atoms with Crippen LogP contribution in [0.1, 0.15) is 64.6 Å². The van der Waals surface area contributed by atoms with Gasteiger partial charge in [0.1, 0.15) is 5.69 Å². The molecular weight excluding hydrogens is 544 g/mol. The van der Waals surface area contributed by atoms with Crippen LogP contribution in [-0.2, 0) is 33.0 Å². The van der Waals surface area contributed by atoms with Gasteiger partial charge in [-0.15, -0.1) is 10.2 Å². The van der Waals surface area contributed by atoms with Gasteiger partial charge in [0.15, 0.2) is 0 Å². The van der Waals surface area contributed by atoms with Crippen LogP contribution in [0.5, 0.6) is 0 Å². The van der Waals surface area contributed by atoms with Crippen LogP contribution < -0.4 is 10.2 Å². The van der Waals surface area contributed by atoms with Crippen molar-refractivity contribution in [2.75, 3.05) is 24.7 Å². The SMILES string of the molecule is CC(C)c1cn(CCOCCNC(=O)CCC(=O)N2Cc3ccccc3-c3c(nnn3C(C)(C)C)-c3ccccc32)nn1. The zero-order valence-corrected chi connectivity index (χ0v) is 25.6. The zero-order valence-electron chi connectivity index (χ0n) is 25.6. The molecule has 0 atom stereocenters. The summed E-state index contributed by atoms with van der Waals surface area (Å²) in [6.07, 6.45) is 2.08. The van der Waals surface area contributed by atoms with E-state index in [1.165, 1.54) is 0 Å². The van der Waals surface area contributed by atoms with Gasteiger partial charge >= 0.3 is 0 Å². The maximum atomic E-state index is 13.7. The van der Waals surface area contributed by atoms with Crippen LogP contribution >= 0.6 is 0 Å². The van der Waals surface area contributed by atoms with Gasteiger partial charge in [-0.1, -0.05) is 66.7 Å². The highest BCUT2D eigenvalue weighted by atomic mass is 16.5. The average Bonchev–Trinajstić information content (AvgIpc) is 3.64. The quantitative estimate of drug-likeness (QED) is 0.272. The van der Waals surface area contributed by atoms with Crippen LogP contribution in [0.3, 0.4) is 0 Å². The van der Waals surface area contributed by atoms with Crippen molar-refractivity contribution in [1.82, 2.24) is 35.3 Å². The Hall–Kier alpha value is -4.38. The molecule has 43 heavy (non-hydrogen) atoms. The maximum absolute atomic E-state index is 13.7. The molecule has 0 saturated carbocycles. The van der Waals surface area contributed by atoms with Crippen LogP contribution in [0.15, 0.2) is 54.7 Å². The number of ether oxygens (including phenoxy) is 1. The predicted octanol–water partition coefficient (Wildman–Crippen LogP) is 4.54. The van der Waals surface area contributed by atoms with Crippen molar-refractivity contribution >= 4 is 17.5 Å². The lowest BCUT2D eigenvalue weighted by atomic mass is 9.94. The molecule has 2 aromatic carbocycles. The second kappa shape index (κ2) is 12.9. The van der Waals surface area contributed by atoms with E-state index in [-0.39, 0.29) is 30.2 Å². The van der Waals surface area contributed by atoms with E-state index in [0.717, 1.165) is 39.5 Å². The molecule has 0 unspecified atom stereocenters. The molecule has 5 rings (SSSR count). The first-order valence-corrected chi connectivity index (χ1v) is 14.8. The normalized spacial score (nSPS) is 12.7. The molecule has 2 aromatic heterocycles. The Labute approximate surface area is 252 Å². The van der Waals surface area contributed by atoms with Crippen molar-refractivity contribution in [3.63, 3.8) is 0 Å². The number of hydrogen-bond donors (Lipinski definition) is 1. The van der Waals surface area contributed by atoms with Gasteiger partial charge in [-0.05, 0) is 38.3 Å². The lowest BCUT2D eigenvalue weighted by Crippen LogP contribution is -2.34. The van der Waals surface area contributed by atoms with E-state index < -0.39 is 0 Å². The molecule has 1 aliphatic heterocycles. The van der Waals surface area contributed by atoms with Gasteiger partial charge in [0.05, 0.1) is 48.9 Å². The van der Waals surface area contributed by atoms with Gasteiger partial charge < -0.3 is 15.0 Å². The molecule has 4 aromatic rings. The highest BCUT2D eigenvalue weighted by molar-refractivity contribution is 6.01. The van der Waals surface area contributed by atoms with Crippen molar-refractivity contribution in [3.8, 4) is 22.5 Å². The Balaban J connectivity index is 1.21. The Morgan fingerprint density at radius 2 is 1.70 bits per heavy atom. The summed E-state index contributed by atoms with van der Waals surface area (Å²) >= 11 is 0. The Bertz CT molecular complexity index is 1580. The highest BCUT2D eigenvalue weighted by Gasteiger charge is 2.31. The fourth-order valence-corrected chi connectivity index (χ4v) is 5.10. The topological polar surface area (TPSA) is 120 Å². The number of carbonyl (C=O) groups excluding carboxylic acids is 2. The first-order chi connectivity index (χ1) is 20.6. The predicted molar refractivity (Wildman–Crippen MR) is 164 cm³/mol. The fourth-order valence-electron chi connectivity index (χ4n) is 5.10. The van der Waals surface area contributed by atoms with Crippen LogP contribution in [0.25, 0.3) is 22.5 Å². The monoisotopic (exact) mass is 584 g/mol. The molecule has 0 bridgehead atoms. The molecule has 2 amide bonds. The highest BCUT2D eigenvalue weighted by Crippen LogP contribution is 2.42. The number of hydrogen-bond acceptors (Lipinski definition) is 7. The number of para-hydroxylation sites is 1. The molecule has 0 radical (unpaired) electrons. The third-order valence-corrected chi connectivity index (χ3v) is 7.40. The minimum atomic E-state index is -0.287. The molecule has 0 aliphatic carbocycles. The first kappa shape index (κ1) is 30.1. The van der Waals surface area contributed by atoms with Crippen molar-refractivity contribution in [3.05, 3.63) is 66.0 Å². The number of carbonyl (C=O) groups is 2. The van der Waals surface area contributed by atoms with E-state index in [9.17, 15) is 9.59 Å². The minimum Gasteiger partial charge on any atom is -0.378 e. The molecule has 11 heteroatoms. The number of rotatable bonds is 10. The minimum absolute atomic E-state index is 0.0786. The molecular formula is C32H40N8O3. The van der Waals surface area contributed by atoms with E-state index >= 15 is 0 Å². The van der Waals surface area contributed by atoms with Gasteiger partial charge in [0.25, 0.3) is 0 Å². The van der Waals surface area contributed by atoms with E-state index in [1.54, 1.807) is 9.58 Å². The Morgan fingerprint density at radius 1 is 0.953 bits per heavy atom. The van der Waals surface area contributed by atoms with Crippen LogP contribution in [0.2, 0.25) is 0 Å². The summed E-state index contributed by atoms with van der Waals surface area (Å²) in [5, 5.41) is 20.2. The lowest BCUT2D eigenvalue weighted by molar-refractivity contribution is -0.125. The Kier molecular flexibility index (Phi) is 9.00. The Morgan fingerprint density at radius 3 is 2.44 bits per heavy atom. The number of nitrogens with one attached hydrogen (secondary N) is 1. The van der Waals surface area contributed by atoms with Gasteiger partial charge in [0.2, 0.25) is 11.8 Å². The van der Waals surface area contributed by atoms with Crippen molar-refractivity contribution < 1.29 is 14.3 Å². The van der Waals surface area contributed by atoms with Crippen molar-refractivity contribution in [1.29, 1.82) is 0 Å². The second-order valence-electron chi connectivity index (χ2n) is 12.0. The zero-order chi connectivity index (χ0) is 30.6. The molecule has 0 spiro atoms. The summed E-state index contributed by atoms with van der Waals surface area (Å²) in [7, 11) is 0. The van der Waals surface area contributed by atoms with Gasteiger partial charge in [-0.2, -0.15) is 0 Å². The third kappa shape index (κ3) is 6.83. The van der Waals surface area contributed by atoms with E-state index in [2.05, 4.69) is 66.6 Å². The summed E-state index contributed by atoms with van der Waals surface area (Å²) in [5.74, 6) is 0.00873. The molecule has 0 saturated heterocycles. The summed E-state index contributed by atoms with van der Waals surface area (Å²) in [6, 6.07) is 15.8. The van der Waals surface area contributed by atoms with Crippen molar-refractivity contribution in [2.24, 2.45) is 0 Å². The smallest absolute Gasteiger partial charge is 0.227 e. The second-order valence-corrected chi connectivity index (χ2v) is 12.0. The molecule has 1 aliphatic rings. The lowest BCUT2D eigenvalue weighted by Gasteiger charge is -2.30. The van der Waals surface area contributed by atoms with E-state index in [0.29, 0.717) is 38.8 Å². The summed E-state index contributed by atoms with van der Waals surface area (Å²) in [5.41, 5.74) is 5.91. The number of amides is 2. The van der Waals surface area contributed by atoms with Gasteiger partial charge in [0, 0.05) is 36.7 Å². The summed E-state index contributed by atoms with van der Waals surface area (Å²) < 4.78 is 9.35. The fraction of sp³-hybridized carbons (Fsp3) is 0.438. The summed E-state index contributed by atoms with van der Waals surface area (Å²) in [4.78, 5) is 28.0. The average molecular weight is 585 g/mol. The van der Waals surface area contributed by atoms with Crippen LogP contribution in [-0.4, -0.2) is 61.6 Å². The first-order valence-electron chi connectivity index (χ1n) is 14.8. The standard InChI is InChI=1S/C32H40N8O3/c1-22(2)26-21-38(36-34-26)17-19-43-18-16-33-28(41)14-15-29(42)39-20-23-10-6-7-11-24(23)31-30(25-12-8-9-13-27(25)39)35-37-40(31)32(3,4)5/h6-13,21-22H,14-20H2,1-5H3,(H,33,41). The van der Waals surface area contributed by atoms with Crippen LogP contribution in [0, 0.1) is 0 Å². The van der Waals surface area contributed by atoms with Gasteiger partial charge in [-0.3, -0.25) is 9.59 Å². The number of aromatic nitrogens is 6. The van der Waals surface area contributed by atoms with Gasteiger partial charge in [-0.25, -0.2) is 9.36 Å². The number of benzene rings is 2. The van der Waals surface area contributed by atoms with E-state index in [4.69, 9.17) is 4.74 Å². The molecule has 3 heterocycles. The summed E-state index contributed by atoms with van der Waals surface area (Å²) in [6.45, 7) is 12.6. The molecule has 0 fully saturated rings. The third-order valence-electron chi connectivity index (χ3n) is 7.40. The van der Waals surface area contributed by atoms with Crippen LogP contribution in [0.4, 0.5) is 5.69 Å². The number of anilines is 1. The molecule has 226 valence electrons.